The largest absolute Gasteiger partial charge is 0.352 e. The molecule has 2 aliphatic rings. The summed E-state index contributed by atoms with van der Waals surface area (Å²) < 4.78 is 0. The number of likely N-dealkylation sites (tertiary alicyclic amines) is 1. The van der Waals surface area contributed by atoms with Crippen LogP contribution in [0, 0.1) is 0 Å². The highest BCUT2D eigenvalue weighted by atomic mass is 35.5. The lowest BCUT2D eigenvalue weighted by atomic mass is 10.2. The lowest BCUT2D eigenvalue weighted by Gasteiger charge is -2.23. The number of halogens is 1. The summed E-state index contributed by atoms with van der Waals surface area (Å²) in [6, 6.07) is 18.3. The maximum absolute atomic E-state index is 12.9. The molecule has 31 heavy (non-hydrogen) atoms. The number of carbonyl (C=O) groups is 1. The molecule has 0 bridgehead atoms. The van der Waals surface area contributed by atoms with Gasteiger partial charge in [-0.15, -0.1) is 0 Å². The van der Waals surface area contributed by atoms with Crippen LogP contribution in [-0.2, 0) is 4.79 Å². The van der Waals surface area contributed by atoms with Crippen molar-refractivity contribution in [2.45, 2.75) is 41.8 Å². The topological polar surface area (TPSA) is 61.0 Å². The second kappa shape index (κ2) is 9.07. The number of amides is 1. The van der Waals surface area contributed by atoms with E-state index in [1.165, 1.54) is 0 Å². The van der Waals surface area contributed by atoms with Gasteiger partial charge in [0.15, 0.2) is 5.16 Å². The summed E-state index contributed by atoms with van der Waals surface area (Å²) >= 11 is 8.32. The van der Waals surface area contributed by atoms with Gasteiger partial charge in [0.25, 0.3) is 0 Å². The molecule has 5 rings (SSSR count). The van der Waals surface area contributed by atoms with Gasteiger partial charge in [0.05, 0.1) is 17.1 Å². The van der Waals surface area contributed by atoms with Crippen molar-refractivity contribution in [1.29, 1.82) is 0 Å². The van der Waals surface area contributed by atoms with Crippen molar-refractivity contribution in [2.75, 3.05) is 13.1 Å². The number of benzene rings is 2. The monoisotopic (exact) mass is 452 g/mol. The zero-order chi connectivity index (χ0) is 21.2. The van der Waals surface area contributed by atoms with Gasteiger partial charge in [-0.25, -0.2) is 4.98 Å². The van der Waals surface area contributed by atoms with Crippen molar-refractivity contribution >= 4 is 46.4 Å². The van der Waals surface area contributed by atoms with Crippen LogP contribution in [0.3, 0.4) is 0 Å². The van der Waals surface area contributed by atoms with E-state index in [4.69, 9.17) is 16.6 Å². The molecule has 2 aromatic carbocycles. The third-order valence-electron chi connectivity index (χ3n) is 5.71. The first-order valence-corrected chi connectivity index (χ1v) is 12.0. The number of para-hydroxylation sites is 2. The smallest absolute Gasteiger partial charge is 0.237 e. The van der Waals surface area contributed by atoms with Crippen LogP contribution in [0.2, 0.25) is 0 Å². The molecule has 160 valence electrons. The molecule has 1 aromatic heterocycles. The molecule has 7 heteroatoms. The number of imidazole rings is 1. The van der Waals surface area contributed by atoms with E-state index in [1.54, 1.807) is 11.8 Å². The van der Waals surface area contributed by atoms with Gasteiger partial charge in [-0.05, 0) is 43.0 Å². The number of thioether (sulfide) groups is 1. The number of carbonyl (C=O) groups excluding carboxylic acids is 1. The van der Waals surface area contributed by atoms with Gasteiger partial charge in [0.2, 0.25) is 5.91 Å². The zero-order valence-corrected chi connectivity index (χ0v) is 18.7. The Morgan fingerprint density at radius 2 is 1.97 bits per heavy atom. The molecular weight excluding hydrogens is 428 g/mol. The molecule has 1 amide bonds. The van der Waals surface area contributed by atoms with E-state index in [2.05, 4.69) is 15.2 Å². The average molecular weight is 453 g/mol. The maximum atomic E-state index is 12.9. The van der Waals surface area contributed by atoms with Gasteiger partial charge < -0.3 is 10.3 Å². The average Bonchev–Trinajstić information content (AvgIpc) is 3.34. The number of aromatic nitrogens is 2. The lowest BCUT2D eigenvalue weighted by molar-refractivity contribution is -0.125. The molecule has 1 aliphatic heterocycles. The summed E-state index contributed by atoms with van der Waals surface area (Å²) in [6.07, 6.45) is 4.95. The first kappa shape index (κ1) is 20.6. The van der Waals surface area contributed by atoms with Crippen LogP contribution in [-0.4, -0.2) is 51.2 Å². The van der Waals surface area contributed by atoms with Crippen LogP contribution in [0.4, 0.5) is 0 Å². The van der Waals surface area contributed by atoms with Gasteiger partial charge in [0.1, 0.15) is 0 Å². The van der Waals surface area contributed by atoms with Crippen LogP contribution in [0.25, 0.3) is 17.1 Å². The predicted octanol–water partition coefficient (Wildman–Crippen LogP) is 4.66. The summed E-state index contributed by atoms with van der Waals surface area (Å²) in [5.41, 5.74) is 3.08. The molecule has 1 saturated heterocycles. The van der Waals surface area contributed by atoms with Crippen molar-refractivity contribution < 1.29 is 4.79 Å². The fraction of sp³-hybridized carbons (Fsp3) is 0.333. The molecule has 2 N–H and O–H groups in total. The SMILES string of the molecule is O=C(NC1CC1)[C@@H]1C[C@@H](Sc2nc3ccccc3[nH]2)CN1CC(Cl)=Cc1ccccc1. The second-order valence-corrected chi connectivity index (χ2v) is 10.0. The normalized spacial score (nSPS) is 22.2. The van der Waals surface area contributed by atoms with Crippen molar-refractivity contribution in [1.82, 2.24) is 20.2 Å². The number of nitrogens with zero attached hydrogens (tertiary/aromatic N) is 2. The third kappa shape index (κ3) is 5.14. The Morgan fingerprint density at radius 3 is 2.74 bits per heavy atom. The van der Waals surface area contributed by atoms with Gasteiger partial charge in [-0.2, -0.15) is 0 Å². The number of rotatable bonds is 7. The third-order valence-corrected chi connectivity index (χ3v) is 7.03. The molecule has 2 heterocycles. The first-order valence-electron chi connectivity index (χ1n) is 10.7. The Bertz CT molecular complexity index is 1060. The molecule has 0 radical (unpaired) electrons. The van der Waals surface area contributed by atoms with Crippen molar-refractivity contribution in [3.8, 4) is 0 Å². The Morgan fingerprint density at radius 1 is 1.19 bits per heavy atom. The highest BCUT2D eigenvalue weighted by Gasteiger charge is 2.39. The van der Waals surface area contributed by atoms with Crippen LogP contribution in [0.5, 0.6) is 0 Å². The van der Waals surface area contributed by atoms with Crippen molar-refractivity contribution in [2.24, 2.45) is 0 Å². The molecule has 1 saturated carbocycles. The summed E-state index contributed by atoms with van der Waals surface area (Å²) in [7, 11) is 0. The Labute approximate surface area is 191 Å². The molecule has 2 fully saturated rings. The molecule has 0 spiro atoms. The summed E-state index contributed by atoms with van der Waals surface area (Å²) in [5.74, 6) is 0.124. The van der Waals surface area contributed by atoms with Crippen molar-refractivity contribution in [3.63, 3.8) is 0 Å². The van der Waals surface area contributed by atoms with E-state index in [0.717, 1.165) is 52.6 Å². The van der Waals surface area contributed by atoms with E-state index in [9.17, 15) is 4.79 Å². The quantitative estimate of drug-likeness (QED) is 0.547. The van der Waals surface area contributed by atoms with Gasteiger partial charge in [-0.1, -0.05) is 65.8 Å². The Kier molecular flexibility index (Phi) is 6.03. The summed E-state index contributed by atoms with van der Waals surface area (Å²) in [5, 5.41) is 5.10. The molecule has 0 unspecified atom stereocenters. The molecule has 1 aliphatic carbocycles. The van der Waals surface area contributed by atoms with Crippen LogP contribution in [0.15, 0.2) is 64.8 Å². The van der Waals surface area contributed by atoms with Crippen LogP contribution < -0.4 is 5.32 Å². The number of fused-ring (bicyclic) bond motifs is 1. The Hall–Kier alpha value is -2.28. The minimum Gasteiger partial charge on any atom is -0.352 e. The van der Waals surface area contributed by atoms with Crippen LogP contribution in [0.1, 0.15) is 24.8 Å². The molecule has 3 aromatic rings. The number of H-pyrrole nitrogens is 1. The number of aromatic amines is 1. The molecular formula is C24H25ClN4OS. The minimum absolute atomic E-state index is 0.124. The highest BCUT2D eigenvalue weighted by molar-refractivity contribution is 7.99. The maximum Gasteiger partial charge on any atom is 0.237 e. The molecule has 2 atom stereocenters. The number of nitrogens with one attached hydrogen (secondary N) is 2. The minimum atomic E-state index is -0.166. The number of hydrogen-bond donors (Lipinski definition) is 2. The fourth-order valence-corrected chi connectivity index (χ4v) is 5.49. The fourth-order valence-electron chi connectivity index (χ4n) is 4.03. The summed E-state index contributed by atoms with van der Waals surface area (Å²) in [4.78, 5) is 23.2. The van der Waals surface area contributed by atoms with E-state index in [0.29, 0.717) is 12.6 Å². The first-order chi connectivity index (χ1) is 15.1. The standard InChI is InChI=1S/C24H25ClN4OS/c25-17(12-16-6-2-1-3-7-16)14-29-15-19(13-22(29)23(30)26-18-10-11-18)31-24-27-20-8-4-5-9-21(20)28-24/h1-9,12,18-19,22H,10-11,13-15H2,(H,26,30)(H,27,28)/t19-,22+/m1/s1. The van der Waals surface area contributed by atoms with Crippen molar-refractivity contribution in [3.05, 3.63) is 65.2 Å². The van der Waals surface area contributed by atoms with E-state index in [1.807, 2.05) is 60.7 Å². The van der Waals surface area contributed by atoms with E-state index >= 15 is 0 Å². The Balaban J connectivity index is 1.30. The second-order valence-electron chi connectivity index (χ2n) is 8.26. The number of hydrogen-bond acceptors (Lipinski definition) is 4. The van der Waals surface area contributed by atoms with Gasteiger partial charge >= 0.3 is 0 Å². The molecule has 5 nitrogen and oxygen atoms in total. The predicted molar refractivity (Wildman–Crippen MR) is 127 cm³/mol. The van der Waals surface area contributed by atoms with Gasteiger partial charge in [0, 0.05) is 29.4 Å². The zero-order valence-electron chi connectivity index (χ0n) is 17.1. The van der Waals surface area contributed by atoms with Gasteiger partial charge in [-0.3, -0.25) is 9.69 Å². The highest BCUT2D eigenvalue weighted by Crippen LogP contribution is 2.34. The van der Waals surface area contributed by atoms with E-state index in [-0.39, 0.29) is 17.2 Å². The van der Waals surface area contributed by atoms with Crippen LogP contribution >= 0.6 is 23.4 Å². The lowest BCUT2D eigenvalue weighted by Crippen LogP contribution is -2.44. The summed E-state index contributed by atoms with van der Waals surface area (Å²) in [6.45, 7) is 1.36. The van der Waals surface area contributed by atoms with E-state index < -0.39 is 0 Å².